The molecule has 3 nitrogen and oxygen atoms in total. The number of carboxylic acids is 1. The number of carboxylic acid groups (broad SMARTS) is 1. The van der Waals surface area contributed by atoms with Crippen LogP contribution in [0.15, 0.2) is 6.07 Å². The molecule has 1 N–H and O–H groups in total. The highest BCUT2D eigenvalue weighted by atomic mass is 35.5. The summed E-state index contributed by atoms with van der Waals surface area (Å²) in [4.78, 5) is 14.1. The van der Waals surface area contributed by atoms with Gasteiger partial charge in [-0.3, -0.25) is 0 Å². The van der Waals surface area contributed by atoms with Gasteiger partial charge in [-0.15, -0.1) is 11.6 Å². The van der Waals surface area contributed by atoms with Gasteiger partial charge in [-0.1, -0.05) is 11.6 Å². The maximum atomic E-state index is 12.4. The summed E-state index contributed by atoms with van der Waals surface area (Å²) in [5.74, 6) is -1.68. The van der Waals surface area contributed by atoms with Crippen LogP contribution in [0, 0.1) is 0 Å². The van der Waals surface area contributed by atoms with E-state index in [4.69, 9.17) is 28.3 Å². The SMILES string of the molecule is O=C(O)c1nc(CCl)c(C(F)F)cc1Cl. The zero-order valence-corrected chi connectivity index (χ0v) is 8.69. The van der Waals surface area contributed by atoms with Crippen LogP contribution in [-0.4, -0.2) is 16.1 Å². The highest BCUT2D eigenvalue weighted by Crippen LogP contribution is 2.27. The number of halogens is 4. The third-order valence-corrected chi connectivity index (χ3v) is 2.19. The molecule has 0 saturated carbocycles. The molecular weight excluding hydrogens is 251 g/mol. The van der Waals surface area contributed by atoms with Gasteiger partial charge in [0.15, 0.2) is 5.69 Å². The van der Waals surface area contributed by atoms with Crippen molar-refractivity contribution in [1.29, 1.82) is 0 Å². The molecule has 0 fully saturated rings. The first-order valence-corrected chi connectivity index (χ1v) is 4.65. The smallest absolute Gasteiger partial charge is 0.356 e. The van der Waals surface area contributed by atoms with Gasteiger partial charge in [0.1, 0.15) is 0 Å². The quantitative estimate of drug-likeness (QED) is 0.845. The van der Waals surface area contributed by atoms with E-state index in [2.05, 4.69) is 4.98 Å². The van der Waals surface area contributed by atoms with E-state index in [1.807, 2.05) is 0 Å². The molecule has 0 aliphatic carbocycles. The Morgan fingerprint density at radius 2 is 2.20 bits per heavy atom. The zero-order chi connectivity index (χ0) is 11.6. The average molecular weight is 256 g/mol. The number of hydrogen-bond donors (Lipinski definition) is 1. The van der Waals surface area contributed by atoms with E-state index in [0.717, 1.165) is 6.07 Å². The minimum Gasteiger partial charge on any atom is -0.476 e. The van der Waals surface area contributed by atoms with Gasteiger partial charge >= 0.3 is 5.97 Å². The molecule has 1 rings (SSSR count). The summed E-state index contributed by atoms with van der Waals surface area (Å²) in [5, 5.41) is 8.31. The lowest BCUT2D eigenvalue weighted by Gasteiger charge is -2.07. The Balaban J connectivity index is 3.35. The van der Waals surface area contributed by atoms with E-state index in [9.17, 15) is 13.6 Å². The predicted molar refractivity (Wildman–Crippen MR) is 50.7 cm³/mol. The van der Waals surface area contributed by atoms with E-state index in [-0.39, 0.29) is 16.6 Å². The van der Waals surface area contributed by atoms with Crippen LogP contribution in [0.1, 0.15) is 28.2 Å². The first-order chi connectivity index (χ1) is 6.97. The lowest BCUT2D eigenvalue weighted by atomic mass is 10.2. The second-order valence-electron chi connectivity index (χ2n) is 2.59. The number of aromatic nitrogens is 1. The molecule has 0 unspecified atom stereocenters. The summed E-state index contributed by atoms with van der Waals surface area (Å²) in [6.07, 6.45) is -2.79. The largest absolute Gasteiger partial charge is 0.476 e. The number of pyridine rings is 1. The zero-order valence-electron chi connectivity index (χ0n) is 7.18. The summed E-state index contributed by atoms with van der Waals surface area (Å²) in [5.41, 5.74) is -1.09. The van der Waals surface area contributed by atoms with Gasteiger partial charge in [-0.2, -0.15) is 0 Å². The topological polar surface area (TPSA) is 50.2 Å². The van der Waals surface area contributed by atoms with Gasteiger partial charge in [0.25, 0.3) is 6.43 Å². The van der Waals surface area contributed by atoms with E-state index in [0.29, 0.717) is 0 Å². The summed E-state index contributed by atoms with van der Waals surface area (Å²) >= 11 is 10.9. The maximum Gasteiger partial charge on any atom is 0.356 e. The first kappa shape index (κ1) is 12.1. The van der Waals surface area contributed by atoms with Crippen molar-refractivity contribution in [3.05, 3.63) is 28.0 Å². The molecule has 0 atom stereocenters. The van der Waals surface area contributed by atoms with E-state index in [1.54, 1.807) is 0 Å². The molecule has 0 aromatic carbocycles. The summed E-state index contributed by atoms with van der Waals surface area (Å²) < 4.78 is 24.8. The van der Waals surface area contributed by atoms with E-state index < -0.39 is 23.7 Å². The van der Waals surface area contributed by atoms with Gasteiger partial charge < -0.3 is 5.11 Å². The normalized spacial score (nSPS) is 10.7. The highest BCUT2D eigenvalue weighted by Gasteiger charge is 2.20. The molecule has 0 radical (unpaired) electrons. The van der Waals surface area contributed by atoms with Crippen molar-refractivity contribution >= 4 is 29.2 Å². The fourth-order valence-electron chi connectivity index (χ4n) is 0.987. The number of rotatable bonds is 3. The minimum atomic E-state index is -2.79. The maximum absolute atomic E-state index is 12.4. The molecule has 1 aromatic heterocycles. The minimum absolute atomic E-state index is 0.173. The molecular formula is C8H5Cl2F2NO2. The van der Waals surface area contributed by atoms with Gasteiger partial charge in [0.05, 0.1) is 16.6 Å². The van der Waals surface area contributed by atoms with Gasteiger partial charge in [0.2, 0.25) is 0 Å². The Labute approximate surface area is 93.6 Å². The van der Waals surface area contributed by atoms with Crippen LogP contribution in [0.2, 0.25) is 5.02 Å². The Kier molecular flexibility index (Phi) is 3.82. The fourth-order valence-corrected chi connectivity index (χ4v) is 1.44. The Hall–Kier alpha value is -0.940. The third-order valence-electron chi connectivity index (χ3n) is 1.65. The molecule has 0 saturated heterocycles. The van der Waals surface area contributed by atoms with E-state index >= 15 is 0 Å². The van der Waals surface area contributed by atoms with Crippen LogP contribution >= 0.6 is 23.2 Å². The molecule has 0 aliphatic rings. The standard InChI is InChI=1S/C8H5Cl2F2NO2/c9-2-5-3(7(11)12)1-4(10)6(13-5)8(14)15/h1,7H,2H2,(H,14,15). The van der Waals surface area contributed by atoms with Crippen LogP contribution in [0.5, 0.6) is 0 Å². The van der Waals surface area contributed by atoms with Gasteiger partial charge in [-0.05, 0) is 6.07 Å². The van der Waals surface area contributed by atoms with Crippen LogP contribution < -0.4 is 0 Å². The number of alkyl halides is 3. The van der Waals surface area contributed by atoms with Gasteiger partial charge in [-0.25, -0.2) is 18.6 Å². The van der Waals surface area contributed by atoms with Crippen LogP contribution in [-0.2, 0) is 5.88 Å². The van der Waals surface area contributed by atoms with Crippen LogP contribution in [0.3, 0.4) is 0 Å². The average Bonchev–Trinajstić information content (AvgIpc) is 2.16. The molecule has 82 valence electrons. The highest BCUT2D eigenvalue weighted by molar-refractivity contribution is 6.33. The number of hydrogen-bond acceptors (Lipinski definition) is 2. The van der Waals surface area contributed by atoms with Crippen molar-refractivity contribution in [1.82, 2.24) is 4.98 Å². The number of aromatic carboxylic acids is 1. The van der Waals surface area contributed by atoms with Crippen molar-refractivity contribution in [2.45, 2.75) is 12.3 Å². The fraction of sp³-hybridized carbons (Fsp3) is 0.250. The Morgan fingerprint density at radius 1 is 1.60 bits per heavy atom. The molecule has 1 aromatic rings. The second-order valence-corrected chi connectivity index (χ2v) is 3.27. The first-order valence-electron chi connectivity index (χ1n) is 3.74. The molecule has 7 heteroatoms. The second kappa shape index (κ2) is 4.72. The van der Waals surface area contributed by atoms with Crippen LogP contribution in [0.25, 0.3) is 0 Å². The molecule has 0 bridgehead atoms. The van der Waals surface area contributed by atoms with E-state index in [1.165, 1.54) is 0 Å². The number of nitrogens with zero attached hydrogens (tertiary/aromatic N) is 1. The Morgan fingerprint density at radius 3 is 2.60 bits per heavy atom. The summed E-state index contributed by atoms with van der Waals surface area (Å²) in [6.45, 7) is 0. The van der Waals surface area contributed by atoms with Crippen molar-refractivity contribution in [3.8, 4) is 0 Å². The number of carbonyl (C=O) groups is 1. The van der Waals surface area contributed by atoms with Gasteiger partial charge in [0, 0.05) is 5.56 Å². The predicted octanol–water partition coefficient (Wildman–Crippen LogP) is 3.11. The molecule has 0 spiro atoms. The molecule has 15 heavy (non-hydrogen) atoms. The summed E-state index contributed by atoms with van der Waals surface area (Å²) in [6, 6.07) is 0.875. The molecule has 0 aliphatic heterocycles. The molecule has 1 heterocycles. The van der Waals surface area contributed by atoms with Crippen molar-refractivity contribution in [3.63, 3.8) is 0 Å². The van der Waals surface area contributed by atoms with Crippen molar-refractivity contribution < 1.29 is 18.7 Å². The monoisotopic (exact) mass is 255 g/mol. The summed E-state index contributed by atoms with van der Waals surface area (Å²) in [7, 11) is 0. The lowest BCUT2D eigenvalue weighted by molar-refractivity contribution is 0.0689. The Bertz CT molecular complexity index is 398. The van der Waals surface area contributed by atoms with Crippen molar-refractivity contribution in [2.24, 2.45) is 0 Å². The molecule has 0 amide bonds. The lowest BCUT2D eigenvalue weighted by Crippen LogP contribution is -2.06. The van der Waals surface area contributed by atoms with Crippen LogP contribution in [0.4, 0.5) is 8.78 Å². The van der Waals surface area contributed by atoms with Crippen molar-refractivity contribution in [2.75, 3.05) is 0 Å². The third kappa shape index (κ3) is 2.54.